The van der Waals surface area contributed by atoms with Crippen LogP contribution in [0.15, 0.2) is 6.07 Å². The SMILES string of the molecule is CC.CCC(C)=O.Cc1cc(F)c(C)nc1C. The maximum Gasteiger partial charge on any atom is 0.144 e. The van der Waals surface area contributed by atoms with Gasteiger partial charge in [-0.05, 0) is 39.3 Å². The molecule has 0 unspecified atom stereocenters. The van der Waals surface area contributed by atoms with Crippen molar-refractivity contribution in [2.45, 2.75) is 54.9 Å². The summed E-state index contributed by atoms with van der Waals surface area (Å²) in [4.78, 5) is 13.8. The molecular formula is C14H24FNO. The molecule has 0 radical (unpaired) electrons. The zero-order valence-corrected chi connectivity index (χ0v) is 12.0. The summed E-state index contributed by atoms with van der Waals surface area (Å²) < 4.78 is 12.7. The van der Waals surface area contributed by atoms with E-state index in [1.54, 1.807) is 13.8 Å². The van der Waals surface area contributed by atoms with Crippen molar-refractivity contribution in [1.82, 2.24) is 4.98 Å². The highest BCUT2D eigenvalue weighted by molar-refractivity contribution is 5.74. The lowest BCUT2D eigenvalue weighted by Crippen LogP contribution is -1.93. The van der Waals surface area contributed by atoms with E-state index in [1.807, 2.05) is 34.6 Å². The van der Waals surface area contributed by atoms with Crippen molar-refractivity contribution in [2.24, 2.45) is 0 Å². The monoisotopic (exact) mass is 241 g/mol. The van der Waals surface area contributed by atoms with E-state index < -0.39 is 0 Å². The molecule has 0 aliphatic rings. The molecule has 3 heteroatoms. The van der Waals surface area contributed by atoms with Crippen molar-refractivity contribution in [2.75, 3.05) is 0 Å². The molecule has 0 saturated heterocycles. The Morgan fingerprint density at radius 3 is 1.94 bits per heavy atom. The van der Waals surface area contributed by atoms with E-state index in [0.29, 0.717) is 12.1 Å². The summed E-state index contributed by atoms with van der Waals surface area (Å²) in [6.45, 7) is 12.8. The van der Waals surface area contributed by atoms with Crippen molar-refractivity contribution in [3.05, 3.63) is 28.8 Å². The third-order valence-corrected chi connectivity index (χ3v) is 2.09. The Hall–Kier alpha value is -1.25. The summed E-state index contributed by atoms with van der Waals surface area (Å²) in [7, 11) is 0. The van der Waals surface area contributed by atoms with Gasteiger partial charge in [-0.25, -0.2) is 4.39 Å². The van der Waals surface area contributed by atoms with Crippen LogP contribution in [0.3, 0.4) is 0 Å². The van der Waals surface area contributed by atoms with Crippen LogP contribution in [0.2, 0.25) is 0 Å². The number of hydrogen-bond acceptors (Lipinski definition) is 2. The minimum absolute atomic E-state index is 0.219. The number of carbonyl (C=O) groups is 1. The first kappa shape index (κ1) is 18.1. The number of hydrogen-bond donors (Lipinski definition) is 0. The van der Waals surface area contributed by atoms with Crippen LogP contribution in [0, 0.1) is 26.6 Å². The molecule has 0 N–H and O–H groups in total. The first-order valence-electron chi connectivity index (χ1n) is 5.98. The van der Waals surface area contributed by atoms with Gasteiger partial charge in [-0.2, -0.15) is 0 Å². The van der Waals surface area contributed by atoms with Crippen LogP contribution in [0.4, 0.5) is 4.39 Å². The molecule has 0 atom stereocenters. The predicted octanol–water partition coefficient (Wildman–Crippen LogP) is 4.16. The van der Waals surface area contributed by atoms with Crippen molar-refractivity contribution in [3.63, 3.8) is 0 Å². The number of halogens is 1. The fraction of sp³-hybridized carbons (Fsp3) is 0.571. The van der Waals surface area contributed by atoms with Gasteiger partial charge in [-0.3, -0.25) is 4.98 Å². The molecular weight excluding hydrogens is 217 g/mol. The van der Waals surface area contributed by atoms with E-state index >= 15 is 0 Å². The molecule has 1 aromatic heterocycles. The Labute approximate surface area is 104 Å². The maximum atomic E-state index is 12.7. The number of Topliss-reactive ketones (excluding diaryl/α,β-unsaturated/α-hetero) is 1. The number of aromatic nitrogens is 1. The van der Waals surface area contributed by atoms with E-state index in [1.165, 1.54) is 6.07 Å². The van der Waals surface area contributed by atoms with Gasteiger partial charge in [0.15, 0.2) is 0 Å². The molecule has 0 saturated carbocycles. The number of nitrogens with zero attached hydrogens (tertiary/aromatic N) is 1. The molecule has 0 bridgehead atoms. The minimum Gasteiger partial charge on any atom is -0.300 e. The zero-order chi connectivity index (χ0) is 14.0. The number of aryl methyl sites for hydroxylation is 3. The van der Waals surface area contributed by atoms with Gasteiger partial charge in [0.05, 0.1) is 5.69 Å². The molecule has 0 aliphatic carbocycles. The molecule has 98 valence electrons. The van der Waals surface area contributed by atoms with Gasteiger partial charge >= 0.3 is 0 Å². The van der Waals surface area contributed by atoms with Gasteiger partial charge in [-0.1, -0.05) is 20.8 Å². The van der Waals surface area contributed by atoms with Crippen LogP contribution >= 0.6 is 0 Å². The minimum atomic E-state index is -0.219. The lowest BCUT2D eigenvalue weighted by molar-refractivity contribution is -0.116. The lowest BCUT2D eigenvalue weighted by atomic mass is 10.2. The summed E-state index contributed by atoms with van der Waals surface area (Å²) >= 11 is 0. The molecule has 0 fully saturated rings. The molecule has 0 spiro atoms. The second-order valence-electron chi connectivity index (χ2n) is 3.51. The molecule has 17 heavy (non-hydrogen) atoms. The summed E-state index contributed by atoms with van der Waals surface area (Å²) in [5.74, 6) is 0.0353. The lowest BCUT2D eigenvalue weighted by Gasteiger charge is -2.00. The summed E-state index contributed by atoms with van der Waals surface area (Å²) in [5, 5.41) is 0. The Morgan fingerprint density at radius 1 is 1.24 bits per heavy atom. The van der Waals surface area contributed by atoms with Crippen LogP contribution < -0.4 is 0 Å². The van der Waals surface area contributed by atoms with Gasteiger partial charge in [0.25, 0.3) is 0 Å². The van der Waals surface area contributed by atoms with Crippen LogP contribution in [-0.2, 0) is 4.79 Å². The quantitative estimate of drug-likeness (QED) is 0.739. The van der Waals surface area contributed by atoms with Gasteiger partial charge in [0.2, 0.25) is 0 Å². The highest BCUT2D eigenvalue weighted by Gasteiger charge is 2.00. The summed E-state index contributed by atoms with van der Waals surface area (Å²) in [6.07, 6.45) is 0.667. The Morgan fingerprint density at radius 2 is 1.65 bits per heavy atom. The van der Waals surface area contributed by atoms with Gasteiger partial charge in [0.1, 0.15) is 11.6 Å². The third kappa shape index (κ3) is 8.55. The second-order valence-corrected chi connectivity index (χ2v) is 3.51. The largest absolute Gasteiger partial charge is 0.300 e. The van der Waals surface area contributed by atoms with Crippen LogP contribution in [0.5, 0.6) is 0 Å². The van der Waals surface area contributed by atoms with Crippen molar-refractivity contribution >= 4 is 5.78 Å². The second kappa shape index (κ2) is 9.94. The molecule has 0 aromatic carbocycles. The zero-order valence-electron chi connectivity index (χ0n) is 12.0. The first-order valence-corrected chi connectivity index (χ1v) is 5.98. The normalized spacial score (nSPS) is 8.47. The van der Waals surface area contributed by atoms with E-state index in [2.05, 4.69) is 4.98 Å². The summed E-state index contributed by atoms with van der Waals surface area (Å²) in [5.41, 5.74) is 2.28. The fourth-order valence-corrected chi connectivity index (χ4v) is 0.792. The van der Waals surface area contributed by atoms with E-state index in [-0.39, 0.29) is 11.6 Å². The summed E-state index contributed by atoms with van der Waals surface area (Å²) in [6, 6.07) is 1.51. The molecule has 0 aliphatic heterocycles. The topological polar surface area (TPSA) is 30.0 Å². The third-order valence-electron chi connectivity index (χ3n) is 2.09. The average Bonchev–Trinajstić information content (AvgIpc) is 2.30. The Bertz CT molecular complexity index is 298. The van der Waals surface area contributed by atoms with Crippen molar-refractivity contribution < 1.29 is 9.18 Å². The predicted molar refractivity (Wildman–Crippen MR) is 70.7 cm³/mol. The molecule has 0 amide bonds. The van der Waals surface area contributed by atoms with Crippen molar-refractivity contribution in [3.8, 4) is 0 Å². The van der Waals surface area contributed by atoms with Gasteiger partial charge in [-0.15, -0.1) is 0 Å². The molecule has 2 nitrogen and oxygen atoms in total. The number of pyridine rings is 1. The van der Waals surface area contributed by atoms with Crippen LogP contribution in [0.25, 0.3) is 0 Å². The first-order chi connectivity index (χ1) is 7.88. The van der Waals surface area contributed by atoms with Gasteiger partial charge < -0.3 is 4.79 Å². The average molecular weight is 241 g/mol. The van der Waals surface area contributed by atoms with Crippen LogP contribution in [-0.4, -0.2) is 10.8 Å². The van der Waals surface area contributed by atoms with E-state index in [9.17, 15) is 9.18 Å². The smallest absolute Gasteiger partial charge is 0.144 e. The number of ketones is 1. The van der Waals surface area contributed by atoms with Crippen molar-refractivity contribution in [1.29, 1.82) is 0 Å². The Balaban J connectivity index is 0. The number of rotatable bonds is 1. The van der Waals surface area contributed by atoms with E-state index in [4.69, 9.17) is 0 Å². The standard InChI is InChI=1S/C8H10FN.C4H8O.C2H6/c1-5-4-8(9)7(3)10-6(5)2;1-3-4(2)5;1-2/h4H,1-3H3;3H2,1-2H3;1-2H3. The molecule has 1 rings (SSSR count). The van der Waals surface area contributed by atoms with Crippen LogP contribution in [0.1, 0.15) is 51.1 Å². The maximum absolute atomic E-state index is 12.7. The molecule has 1 aromatic rings. The molecule has 1 heterocycles. The number of carbonyl (C=O) groups excluding carboxylic acids is 1. The Kier molecular flexibility index (Phi) is 10.6. The van der Waals surface area contributed by atoms with Gasteiger partial charge in [0, 0.05) is 12.1 Å². The fourth-order valence-electron chi connectivity index (χ4n) is 0.792. The van der Waals surface area contributed by atoms with E-state index in [0.717, 1.165) is 11.3 Å². The highest BCUT2D eigenvalue weighted by atomic mass is 19.1. The highest BCUT2D eigenvalue weighted by Crippen LogP contribution is 2.08.